The van der Waals surface area contributed by atoms with Gasteiger partial charge in [0.25, 0.3) is 10.0 Å². The molecule has 3 rings (SSSR count). The van der Waals surface area contributed by atoms with Crippen molar-refractivity contribution >= 4 is 27.3 Å². The number of hydrogen-bond acceptors (Lipinski definition) is 5. The van der Waals surface area contributed by atoms with E-state index in [2.05, 4.69) is 24.3 Å². The number of nitrogens with one attached hydrogen (secondary N) is 1. The number of carbonyl (C=O) groups is 1. The monoisotopic (exact) mass is 452 g/mol. The molecule has 1 aliphatic heterocycles. The molecule has 0 bridgehead atoms. The SMILES string of the molecule is CCn1nc(C)c(CCNC(=O)C(C)C2CCN(S(=O)(=O)c3cccs3)CC2)c1C. The molecule has 0 radical (unpaired) electrons. The Kier molecular flexibility index (Phi) is 7.36. The van der Waals surface area contributed by atoms with E-state index in [4.69, 9.17) is 0 Å². The molecule has 1 fully saturated rings. The maximum absolute atomic E-state index is 12.7. The first-order chi connectivity index (χ1) is 14.3. The Labute approximate surface area is 183 Å². The maximum atomic E-state index is 12.7. The van der Waals surface area contributed by atoms with Crippen LogP contribution in [0.5, 0.6) is 0 Å². The van der Waals surface area contributed by atoms with E-state index in [1.807, 2.05) is 18.5 Å². The zero-order valence-electron chi connectivity index (χ0n) is 18.2. The number of piperidine rings is 1. The lowest BCUT2D eigenvalue weighted by molar-refractivity contribution is -0.126. The summed E-state index contributed by atoms with van der Waals surface area (Å²) in [5.74, 6) is 0.121. The van der Waals surface area contributed by atoms with Crippen molar-refractivity contribution in [2.45, 2.75) is 57.7 Å². The number of rotatable bonds is 8. The summed E-state index contributed by atoms with van der Waals surface area (Å²) in [6.45, 7) is 10.5. The number of carbonyl (C=O) groups excluding carboxylic acids is 1. The molecule has 3 heterocycles. The molecule has 1 aliphatic rings. The van der Waals surface area contributed by atoms with E-state index in [0.29, 0.717) is 36.7 Å². The Morgan fingerprint density at radius 3 is 2.60 bits per heavy atom. The van der Waals surface area contributed by atoms with Gasteiger partial charge in [-0.1, -0.05) is 13.0 Å². The summed E-state index contributed by atoms with van der Waals surface area (Å²) < 4.78 is 29.3. The van der Waals surface area contributed by atoms with Crippen LogP contribution in [-0.4, -0.2) is 48.0 Å². The molecule has 0 spiro atoms. The molecule has 1 N–H and O–H groups in total. The molecular weight excluding hydrogens is 420 g/mol. The zero-order chi connectivity index (χ0) is 21.9. The Morgan fingerprint density at radius 2 is 2.03 bits per heavy atom. The fraction of sp³-hybridized carbons (Fsp3) is 0.619. The number of amides is 1. The minimum atomic E-state index is -3.40. The van der Waals surface area contributed by atoms with Gasteiger partial charge in [0.1, 0.15) is 4.21 Å². The van der Waals surface area contributed by atoms with Gasteiger partial charge < -0.3 is 5.32 Å². The van der Waals surface area contributed by atoms with Crippen molar-refractivity contribution in [3.8, 4) is 0 Å². The number of sulfonamides is 1. The summed E-state index contributed by atoms with van der Waals surface area (Å²) >= 11 is 1.25. The van der Waals surface area contributed by atoms with Crippen LogP contribution < -0.4 is 5.32 Å². The van der Waals surface area contributed by atoms with Gasteiger partial charge in [-0.2, -0.15) is 9.40 Å². The number of aryl methyl sites for hydroxylation is 2. The molecule has 30 heavy (non-hydrogen) atoms. The van der Waals surface area contributed by atoms with Crippen molar-refractivity contribution in [3.05, 3.63) is 34.5 Å². The highest BCUT2D eigenvalue weighted by Crippen LogP contribution is 2.29. The average Bonchev–Trinajstić information content (AvgIpc) is 3.37. The maximum Gasteiger partial charge on any atom is 0.252 e. The van der Waals surface area contributed by atoms with Crippen LogP contribution in [0.25, 0.3) is 0 Å². The number of nitrogens with zero attached hydrogens (tertiary/aromatic N) is 3. The summed E-state index contributed by atoms with van der Waals surface area (Å²) in [5.41, 5.74) is 3.39. The lowest BCUT2D eigenvalue weighted by Crippen LogP contribution is -2.42. The fourth-order valence-corrected chi connectivity index (χ4v) is 6.86. The molecule has 2 aromatic rings. The Bertz CT molecular complexity index is 959. The van der Waals surface area contributed by atoms with Crippen LogP contribution in [-0.2, 0) is 27.8 Å². The summed E-state index contributed by atoms with van der Waals surface area (Å²) in [5, 5.41) is 9.38. The van der Waals surface area contributed by atoms with Crippen LogP contribution in [0.3, 0.4) is 0 Å². The zero-order valence-corrected chi connectivity index (χ0v) is 19.9. The summed E-state index contributed by atoms with van der Waals surface area (Å²) in [6, 6.07) is 3.41. The van der Waals surface area contributed by atoms with E-state index < -0.39 is 10.0 Å². The van der Waals surface area contributed by atoms with Crippen LogP contribution in [0.1, 0.15) is 43.6 Å². The van der Waals surface area contributed by atoms with Crippen LogP contribution in [0.2, 0.25) is 0 Å². The van der Waals surface area contributed by atoms with E-state index in [0.717, 1.165) is 24.4 Å². The first-order valence-corrected chi connectivity index (χ1v) is 12.9. The Morgan fingerprint density at radius 1 is 1.33 bits per heavy atom. The minimum Gasteiger partial charge on any atom is -0.356 e. The average molecular weight is 453 g/mol. The second-order valence-electron chi connectivity index (χ2n) is 7.97. The first kappa shape index (κ1) is 23.0. The van der Waals surface area contributed by atoms with Gasteiger partial charge >= 0.3 is 0 Å². The van der Waals surface area contributed by atoms with Gasteiger partial charge in [-0.3, -0.25) is 9.48 Å². The van der Waals surface area contributed by atoms with Crippen LogP contribution in [0, 0.1) is 25.7 Å². The number of thiophene rings is 1. The highest BCUT2D eigenvalue weighted by Gasteiger charge is 2.33. The summed E-state index contributed by atoms with van der Waals surface area (Å²) in [6.07, 6.45) is 2.19. The van der Waals surface area contributed by atoms with Crippen molar-refractivity contribution in [1.82, 2.24) is 19.4 Å². The van der Waals surface area contributed by atoms with Gasteiger partial charge in [0.15, 0.2) is 0 Å². The molecule has 0 aromatic carbocycles. The second kappa shape index (κ2) is 9.62. The largest absolute Gasteiger partial charge is 0.356 e. The van der Waals surface area contributed by atoms with E-state index >= 15 is 0 Å². The molecule has 0 saturated carbocycles. The second-order valence-corrected chi connectivity index (χ2v) is 11.1. The van der Waals surface area contributed by atoms with Crippen molar-refractivity contribution in [2.24, 2.45) is 11.8 Å². The van der Waals surface area contributed by atoms with E-state index in [-0.39, 0.29) is 17.7 Å². The van der Waals surface area contributed by atoms with E-state index in [1.165, 1.54) is 16.9 Å². The predicted molar refractivity (Wildman–Crippen MR) is 119 cm³/mol. The van der Waals surface area contributed by atoms with Crippen molar-refractivity contribution in [2.75, 3.05) is 19.6 Å². The van der Waals surface area contributed by atoms with Crippen LogP contribution in [0.15, 0.2) is 21.7 Å². The molecular formula is C21H32N4O3S2. The van der Waals surface area contributed by atoms with Crippen molar-refractivity contribution in [3.63, 3.8) is 0 Å². The van der Waals surface area contributed by atoms with Crippen LogP contribution >= 0.6 is 11.3 Å². The molecule has 1 saturated heterocycles. The van der Waals surface area contributed by atoms with E-state index in [9.17, 15) is 13.2 Å². The van der Waals surface area contributed by atoms with Gasteiger partial charge in [0.05, 0.1) is 5.69 Å². The minimum absolute atomic E-state index is 0.0488. The number of aromatic nitrogens is 2. The third-order valence-corrected chi connectivity index (χ3v) is 9.49. The standard InChI is InChI=1S/C21H32N4O3S2/c1-5-25-17(4)19(16(3)23-25)8-11-22-21(26)15(2)18-9-12-24(13-10-18)30(27,28)20-7-6-14-29-20/h6-7,14-15,18H,5,8-13H2,1-4H3,(H,22,26). The highest BCUT2D eigenvalue weighted by atomic mass is 32.2. The van der Waals surface area contributed by atoms with Gasteiger partial charge in [-0.25, -0.2) is 8.42 Å². The molecule has 7 nitrogen and oxygen atoms in total. The normalized spacial score (nSPS) is 17.2. The molecule has 1 atom stereocenters. The third kappa shape index (κ3) is 4.78. The van der Waals surface area contributed by atoms with Gasteiger partial charge in [-0.15, -0.1) is 11.3 Å². The molecule has 1 amide bonds. The summed E-state index contributed by atoms with van der Waals surface area (Å²) in [7, 11) is -3.40. The smallest absolute Gasteiger partial charge is 0.252 e. The van der Waals surface area contributed by atoms with Gasteiger partial charge in [-0.05, 0) is 63.0 Å². The highest BCUT2D eigenvalue weighted by molar-refractivity contribution is 7.91. The molecule has 0 aliphatic carbocycles. The predicted octanol–water partition coefficient (Wildman–Crippen LogP) is 2.98. The van der Waals surface area contributed by atoms with E-state index in [1.54, 1.807) is 21.8 Å². The molecule has 2 aromatic heterocycles. The third-order valence-electron chi connectivity index (χ3n) is 6.21. The Balaban J connectivity index is 1.49. The molecule has 9 heteroatoms. The molecule has 166 valence electrons. The van der Waals surface area contributed by atoms with Gasteiger partial charge in [0, 0.05) is 37.8 Å². The summed E-state index contributed by atoms with van der Waals surface area (Å²) in [4.78, 5) is 12.7. The number of hydrogen-bond donors (Lipinski definition) is 1. The Hall–Kier alpha value is -1.71. The topological polar surface area (TPSA) is 84.3 Å². The lowest BCUT2D eigenvalue weighted by atomic mass is 9.85. The van der Waals surface area contributed by atoms with Crippen molar-refractivity contribution in [1.29, 1.82) is 0 Å². The fourth-order valence-electron chi connectivity index (χ4n) is 4.24. The molecule has 1 unspecified atom stereocenters. The quantitative estimate of drug-likeness (QED) is 0.667. The van der Waals surface area contributed by atoms with Gasteiger partial charge in [0.2, 0.25) is 5.91 Å². The van der Waals surface area contributed by atoms with Crippen LogP contribution in [0.4, 0.5) is 0 Å². The van der Waals surface area contributed by atoms with Crippen molar-refractivity contribution < 1.29 is 13.2 Å². The first-order valence-electron chi connectivity index (χ1n) is 10.6. The lowest BCUT2D eigenvalue weighted by Gasteiger charge is -2.33.